The largest absolute Gasteiger partial charge is 0.486 e. The number of nitrogens with one attached hydrogen (secondary N) is 1. The average Bonchev–Trinajstić information content (AvgIpc) is 3.37. The van der Waals surface area contributed by atoms with E-state index in [2.05, 4.69) is 36.8 Å². The van der Waals surface area contributed by atoms with E-state index in [4.69, 9.17) is 21.1 Å². The summed E-state index contributed by atoms with van der Waals surface area (Å²) in [6.07, 6.45) is 6.48. The predicted molar refractivity (Wildman–Crippen MR) is 134 cm³/mol. The first-order chi connectivity index (χ1) is 17.6. The lowest BCUT2D eigenvalue weighted by molar-refractivity contribution is -0.125. The van der Waals surface area contributed by atoms with Crippen LogP contribution in [0.1, 0.15) is 12.1 Å². The Labute approximate surface area is 212 Å². The summed E-state index contributed by atoms with van der Waals surface area (Å²) in [4.78, 5) is 34.9. The van der Waals surface area contributed by atoms with E-state index in [0.29, 0.717) is 52.3 Å². The highest BCUT2D eigenvalue weighted by Crippen LogP contribution is 2.31. The van der Waals surface area contributed by atoms with Gasteiger partial charge in [-0.05, 0) is 36.4 Å². The highest BCUT2D eigenvalue weighted by Gasteiger charge is 2.26. The molecule has 36 heavy (non-hydrogen) atoms. The van der Waals surface area contributed by atoms with Crippen molar-refractivity contribution in [1.29, 1.82) is 0 Å². The number of carbonyl (C=O) groups is 1. The topological polar surface area (TPSA) is 115 Å². The summed E-state index contributed by atoms with van der Waals surface area (Å²) in [5.41, 5.74) is 2.66. The minimum atomic E-state index is -0.145. The van der Waals surface area contributed by atoms with Crippen LogP contribution >= 0.6 is 11.6 Å². The zero-order valence-electron chi connectivity index (χ0n) is 19.2. The van der Waals surface area contributed by atoms with Crippen LogP contribution in [0.15, 0.2) is 67.9 Å². The predicted octanol–water partition coefficient (Wildman–Crippen LogP) is 3.96. The number of halogens is 1. The van der Waals surface area contributed by atoms with Gasteiger partial charge in [0, 0.05) is 30.9 Å². The standard InChI is InChI=1S/C25H22ClN7O3/c1-2-23(34)33-10-8-18(12-33)36-22-6-4-20-24(32-22)25(30-15-29-20)31-16-3-5-21(19(26)11-16)35-13-17-7-9-27-14-28-17/h2-7,9,11,14-15,18H,1,8,10,12-13H2,(H,29,30,31)/t18-/m0/s1. The highest BCUT2D eigenvalue weighted by molar-refractivity contribution is 6.32. The number of nitrogens with zero attached hydrogens (tertiary/aromatic N) is 6. The van der Waals surface area contributed by atoms with Crippen molar-refractivity contribution in [2.24, 2.45) is 0 Å². The van der Waals surface area contributed by atoms with Gasteiger partial charge in [-0.2, -0.15) is 0 Å². The molecule has 0 bridgehead atoms. The molecule has 1 aliphatic heterocycles. The summed E-state index contributed by atoms with van der Waals surface area (Å²) in [7, 11) is 0. The van der Waals surface area contributed by atoms with Gasteiger partial charge in [-0.3, -0.25) is 4.79 Å². The fraction of sp³-hybridized carbons (Fsp3) is 0.200. The van der Waals surface area contributed by atoms with E-state index in [0.717, 1.165) is 12.1 Å². The number of fused-ring (bicyclic) bond motifs is 1. The number of ether oxygens (including phenoxy) is 2. The molecule has 11 heteroatoms. The Hall–Kier alpha value is -4.31. The van der Waals surface area contributed by atoms with Crippen molar-refractivity contribution < 1.29 is 14.3 Å². The number of hydrogen-bond donors (Lipinski definition) is 1. The maximum Gasteiger partial charge on any atom is 0.246 e. The van der Waals surface area contributed by atoms with Crippen molar-refractivity contribution in [3.63, 3.8) is 0 Å². The van der Waals surface area contributed by atoms with Crippen LogP contribution in [0.4, 0.5) is 11.5 Å². The van der Waals surface area contributed by atoms with Crippen LogP contribution in [-0.4, -0.2) is 54.9 Å². The number of rotatable bonds is 8. The molecule has 0 saturated carbocycles. The Bertz CT molecular complexity index is 1400. The van der Waals surface area contributed by atoms with Crippen molar-refractivity contribution in [1.82, 2.24) is 29.8 Å². The number of likely N-dealkylation sites (tertiary alicyclic amines) is 1. The summed E-state index contributed by atoms with van der Waals surface area (Å²) in [6, 6.07) is 10.7. The molecule has 4 heterocycles. The molecule has 182 valence electrons. The lowest BCUT2D eigenvalue weighted by Gasteiger charge is -2.15. The molecule has 4 aromatic rings. The van der Waals surface area contributed by atoms with Gasteiger partial charge in [0.05, 0.1) is 22.8 Å². The number of aromatic nitrogens is 5. The fourth-order valence-corrected chi connectivity index (χ4v) is 4.03. The van der Waals surface area contributed by atoms with Gasteiger partial charge < -0.3 is 19.7 Å². The van der Waals surface area contributed by atoms with Crippen LogP contribution in [0.3, 0.4) is 0 Å². The molecule has 1 aromatic carbocycles. The molecular formula is C25H22ClN7O3. The lowest BCUT2D eigenvalue weighted by Crippen LogP contribution is -2.29. The molecule has 5 rings (SSSR count). The third-order valence-corrected chi connectivity index (χ3v) is 5.88. The minimum absolute atomic E-state index is 0.100. The Morgan fingerprint density at radius 2 is 2.11 bits per heavy atom. The molecule has 0 unspecified atom stereocenters. The van der Waals surface area contributed by atoms with E-state index >= 15 is 0 Å². The number of amides is 1. The second kappa shape index (κ2) is 10.5. The van der Waals surface area contributed by atoms with Gasteiger partial charge >= 0.3 is 0 Å². The molecule has 1 fully saturated rings. The van der Waals surface area contributed by atoms with E-state index in [1.54, 1.807) is 35.4 Å². The van der Waals surface area contributed by atoms with Crippen LogP contribution in [0.5, 0.6) is 11.6 Å². The van der Waals surface area contributed by atoms with Gasteiger partial charge in [-0.25, -0.2) is 24.9 Å². The average molecular weight is 504 g/mol. The van der Waals surface area contributed by atoms with Crippen LogP contribution in [0.25, 0.3) is 11.0 Å². The van der Waals surface area contributed by atoms with Gasteiger partial charge in [0.2, 0.25) is 11.8 Å². The molecule has 1 aliphatic rings. The highest BCUT2D eigenvalue weighted by atomic mass is 35.5. The van der Waals surface area contributed by atoms with Crippen molar-refractivity contribution in [3.8, 4) is 11.6 Å². The van der Waals surface area contributed by atoms with Crippen molar-refractivity contribution in [3.05, 3.63) is 78.6 Å². The van der Waals surface area contributed by atoms with Crippen LogP contribution < -0.4 is 14.8 Å². The molecule has 1 N–H and O–H groups in total. The second-order valence-electron chi connectivity index (χ2n) is 8.02. The third kappa shape index (κ3) is 5.33. The summed E-state index contributed by atoms with van der Waals surface area (Å²) in [5.74, 6) is 1.37. The molecule has 0 aliphatic carbocycles. The quantitative estimate of drug-likeness (QED) is 0.357. The molecule has 3 aromatic heterocycles. The first kappa shape index (κ1) is 23.4. The van der Waals surface area contributed by atoms with Gasteiger partial charge in [0.25, 0.3) is 0 Å². The Morgan fingerprint density at radius 3 is 2.92 bits per heavy atom. The van der Waals surface area contributed by atoms with E-state index in [-0.39, 0.29) is 18.6 Å². The van der Waals surface area contributed by atoms with Crippen LogP contribution in [0.2, 0.25) is 5.02 Å². The fourth-order valence-electron chi connectivity index (χ4n) is 3.79. The molecule has 1 amide bonds. The number of hydrogen-bond acceptors (Lipinski definition) is 9. The smallest absolute Gasteiger partial charge is 0.246 e. The number of benzene rings is 1. The summed E-state index contributed by atoms with van der Waals surface area (Å²) >= 11 is 6.44. The van der Waals surface area contributed by atoms with Crippen molar-refractivity contribution in [2.75, 3.05) is 18.4 Å². The van der Waals surface area contributed by atoms with E-state index in [1.807, 2.05) is 12.1 Å². The van der Waals surface area contributed by atoms with Crippen LogP contribution in [-0.2, 0) is 11.4 Å². The maximum atomic E-state index is 11.8. The SMILES string of the molecule is C=CC(=O)N1CC[C@H](Oc2ccc3ncnc(Nc4ccc(OCc5ccncn5)c(Cl)c4)c3n2)C1. The summed E-state index contributed by atoms with van der Waals surface area (Å²) < 4.78 is 11.8. The van der Waals surface area contributed by atoms with Crippen molar-refractivity contribution in [2.45, 2.75) is 19.1 Å². The second-order valence-corrected chi connectivity index (χ2v) is 8.42. The Kier molecular flexibility index (Phi) is 6.85. The normalized spacial score (nSPS) is 15.0. The number of carbonyl (C=O) groups excluding carboxylic acids is 1. The zero-order chi connectivity index (χ0) is 24.9. The maximum absolute atomic E-state index is 11.8. The zero-order valence-corrected chi connectivity index (χ0v) is 19.9. The van der Waals surface area contributed by atoms with E-state index in [9.17, 15) is 4.79 Å². The van der Waals surface area contributed by atoms with Crippen molar-refractivity contribution >= 4 is 40.0 Å². The van der Waals surface area contributed by atoms with Gasteiger partial charge in [0.1, 0.15) is 36.6 Å². The number of pyridine rings is 1. The van der Waals surface area contributed by atoms with Gasteiger partial charge in [0.15, 0.2) is 5.82 Å². The van der Waals surface area contributed by atoms with Gasteiger partial charge in [-0.15, -0.1) is 0 Å². The van der Waals surface area contributed by atoms with E-state index in [1.165, 1.54) is 18.7 Å². The van der Waals surface area contributed by atoms with E-state index < -0.39 is 0 Å². The molecule has 10 nitrogen and oxygen atoms in total. The first-order valence-electron chi connectivity index (χ1n) is 11.2. The minimum Gasteiger partial charge on any atom is -0.486 e. The molecule has 1 atom stereocenters. The molecular weight excluding hydrogens is 482 g/mol. The third-order valence-electron chi connectivity index (χ3n) is 5.59. The number of anilines is 2. The Morgan fingerprint density at radius 1 is 1.19 bits per heavy atom. The monoisotopic (exact) mass is 503 g/mol. The lowest BCUT2D eigenvalue weighted by atomic mass is 10.2. The van der Waals surface area contributed by atoms with Gasteiger partial charge in [-0.1, -0.05) is 18.2 Å². The molecule has 0 radical (unpaired) electrons. The van der Waals surface area contributed by atoms with Crippen LogP contribution in [0, 0.1) is 0 Å². The summed E-state index contributed by atoms with van der Waals surface area (Å²) in [5, 5.41) is 3.68. The molecule has 0 spiro atoms. The Balaban J connectivity index is 1.30. The summed E-state index contributed by atoms with van der Waals surface area (Å²) in [6.45, 7) is 4.93. The molecule has 1 saturated heterocycles. The first-order valence-corrected chi connectivity index (χ1v) is 11.6.